The molecule has 0 saturated heterocycles. The van der Waals surface area contributed by atoms with Crippen LogP contribution in [0.25, 0.3) is 0 Å². The first-order valence-corrected chi connectivity index (χ1v) is 21.1. The lowest BCUT2D eigenvalue weighted by Gasteiger charge is -2.15. The average molecular weight is 723 g/mol. The van der Waals surface area contributed by atoms with Gasteiger partial charge in [-0.15, -0.1) is 0 Å². The molecule has 0 fully saturated rings. The molecule has 0 amide bonds. The minimum absolute atomic E-state index is 0.101. The zero-order valence-corrected chi connectivity index (χ0v) is 33.5. The van der Waals surface area contributed by atoms with Gasteiger partial charge in [0.05, 0.1) is 6.61 Å². The van der Waals surface area contributed by atoms with Crippen molar-refractivity contribution < 1.29 is 24.2 Å². The molecule has 0 bridgehead atoms. The summed E-state index contributed by atoms with van der Waals surface area (Å²) in [5.41, 5.74) is 0. The third-order valence-electron chi connectivity index (χ3n) is 8.69. The molecule has 0 aliphatic rings. The van der Waals surface area contributed by atoms with E-state index in [1.807, 2.05) is 12.2 Å². The number of carbonyl (C=O) groups is 2. The largest absolute Gasteiger partial charge is 0.462 e. The van der Waals surface area contributed by atoms with E-state index in [0.29, 0.717) is 12.8 Å². The minimum Gasteiger partial charge on any atom is -0.462 e. The van der Waals surface area contributed by atoms with Gasteiger partial charge >= 0.3 is 11.9 Å². The Kier molecular flexibility index (Phi) is 40.1. The van der Waals surface area contributed by atoms with E-state index < -0.39 is 12.1 Å². The number of carbonyl (C=O) groups excluding carboxylic acids is 2. The maximum Gasteiger partial charge on any atom is 0.306 e. The molecule has 52 heavy (non-hydrogen) atoms. The Bertz CT molecular complexity index is 999. The van der Waals surface area contributed by atoms with Crippen molar-refractivity contribution in [3.63, 3.8) is 0 Å². The summed E-state index contributed by atoms with van der Waals surface area (Å²) in [6.07, 6.45) is 58.0. The van der Waals surface area contributed by atoms with Gasteiger partial charge in [0, 0.05) is 12.8 Å². The molecule has 0 aromatic carbocycles. The average Bonchev–Trinajstić information content (AvgIpc) is 3.15. The van der Waals surface area contributed by atoms with Crippen molar-refractivity contribution in [1.29, 1.82) is 0 Å². The Morgan fingerprint density at radius 2 is 0.865 bits per heavy atom. The highest BCUT2D eigenvalue weighted by molar-refractivity contribution is 5.70. The van der Waals surface area contributed by atoms with E-state index in [4.69, 9.17) is 9.47 Å². The van der Waals surface area contributed by atoms with Gasteiger partial charge in [-0.25, -0.2) is 0 Å². The first kappa shape index (κ1) is 49.1. The Labute approximate surface area is 320 Å². The van der Waals surface area contributed by atoms with Gasteiger partial charge in [-0.1, -0.05) is 176 Å². The number of aliphatic hydroxyl groups excluding tert-OH is 1. The monoisotopic (exact) mass is 723 g/mol. The van der Waals surface area contributed by atoms with Crippen molar-refractivity contribution in [2.75, 3.05) is 13.2 Å². The fourth-order valence-corrected chi connectivity index (χ4v) is 5.51. The highest BCUT2D eigenvalue weighted by Crippen LogP contribution is 2.13. The fraction of sp³-hybridized carbons (Fsp3) is 0.660. The number of hydrogen-bond acceptors (Lipinski definition) is 5. The summed E-state index contributed by atoms with van der Waals surface area (Å²) in [6, 6.07) is 0. The summed E-state index contributed by atoms with van der Waals surface area (Å²) >= 11 is 0. The topological polar surface area (TPSA) is 72.8 Å². The van der Waals surface area contributed by atoms with Gasteiger partial charge in [-0.05, 0) is 77.0 Å². The van der Waals surface area contributed by atoms with Crippen LogP contribution in [0, 0.1) is 0 Å². The lowest BCUT2D eigenvalue weighted by Crippen LogP contribution is -2.28. The number of unbranched alkanes of at least 4 members (excludes halogenated alkanes) is 15. The molecule has 5 nitrogen and oxygen atoms in total. The number of rotatable bonds is 37. The maximum absolute atomic E-state index is 12.2. The second kappa shape index (κ2) is 42.5. The smallest absolute Gasteiger partial charge is 0.306 e. The van der Waals surface area contributed by atoms with E-state index in [1.54, 1.807) is 0 Å². The summed E-state index contributed by atoms with van der Waals surface area (Å²) < 4.78 is 10.6. The van der Waals surface area contributed by atoms with Gasteiger partial charge in [0.15, 0.2) is 6.10 Å². The molecule has 0 rings (SSSR count). The number of allylic oxidation sites excluding steroid dienone is 14. The molecule has 0 aromatic heterocycles. The number of hydrogen-bond donors (Lipinski definition) is 1. The van der Waals surface area contributed by atoms with Crippen LogP contribution >= 0.6 is 0 Å². The molecule has 5 heteroatoms. The van der Waals surface area contributed by atoms with Crippen LogP contribution < -0.4 is 0 Å². The number of ether oxygens (including phenoxy) is 2. The van der Waals surface area contributed by atoms with Crippen molar-refractivity contribution >= 4 is 11.9 Å². The summed E-state index contributed by atoms with van der Waals surface area (Å²) in [5, 5.41) is 9.56. The third-order valence-corrected chi connectivity index (χ3v) is 8.69. The molecule has 1 atom stereocenters. The van der Waals surface area contributed by atoms with Crippen LogP contribution in [0.4, 0.5) is 0 Å². The summed E-state index contributed by atoms with van der Waals surface area (Å²) in [7, 11) is 0. The predicted octanol–water partition coefficient (Wildman–Crippen LogP) is 13.5. The van der Waals surface area contributed by atoms with Gasteiger partial charge in [-0.3, -0.25) is 9.59 Å². The number of aliphatic hydroxyl groups is 1. The van der Waals surface area contributed by atoms with Crippen LogP contribution in [0.1, 0.15) is 181 Å². The summed E-state index contributed by atoms with van der Waals surface area (Å²) in [5.74, 6) is -0.696. The van der Waals surface area contributed by atoms with Crippen LogP contribution in [0.5, 0.6) is 0 Å². The van der Waals surface area contributed by atoms with E-state index in [2.05, 4.69) is 86.8 Å². The van der Waals surface area contributed by atoms with E-state index in [1.165, 1.54) is 89.9 Å². The van der Waals surface area contributed by atoms with E-state index in [9.17, 15) is 14.7 Å². The van der Waals surface area contributed by atoms with E-state index in [-0.39, 0.29) is 25.6 Å². The molecule has 0 aliphatic heterocycles. The van der Waals surface area contributed by atoms with Gasteiger partial charge < -0.3 is 14.6 Å². The minimum atomic E-state index is -0.817. The predicted molar refractivity (Wildman–Crippen MR) is 223 cm³/mol. The van der Waals surface area contributed by atoms with Crippen LogP contribution in [-0.4, -0.2) is 36.4 Å². The number of esters is 2. The second-order valence-electron chi connectivity index (χ2n) is 13.7. The molecule has 1 N–H and O–H groups in total. The Balaban J connectivity index is 3.68. The lowest BCUT2D eigenvalue weighted by atomic mass is 10.1. The second-order valence-corrected chi connectivity index (χ2v) is 13.7. The summed E-state index contributed by atoms with van der Waals surface area (Å²) in [4.78, 5) is 24.3. The third kappa shape index (κ3) is 39.9. The molecule has 0 saturated carbocycles. The van der Waals surface area contributed by atoms with Gasteiger partial charge in [0.1, 0.15) is 6.61 Å². The zero-order valence-electron chi connectivity index (χ0n) is 33.5. The molecule has 0 aromatic rings. The fourth-order valence-electron chi connectivity index (χ4n) is 5.51. The van der Waals surface area contributed by atoms with Crippen molar-refractivity contribution in [3.05, 3.63) is 85.1 Å². The Morgan fingerprint density at radius 3 is 1.33 bits per heavy atom. The zero-order chi connectivity index (χ0) is 37.8. The van der Waals surface area contributed by atoms with Crippen molar-refractivity contribution in [1.82, 2.24) is 0 Å². The molecule has 296 valence electrons. The SMILES string of the molecule is CC/C=C\C/C=C\C/C=C\C/C=C\C/C=C\C/C=C\CCC(=O)OC(CO)COC(=O)CCCCCCCCCCC/C=C\CCCCCCCC. The highest BCUT2D eigenvalue weighted by Gasteiger charge is 2.15. The molecule has 1 unspecified atom stereocenters. The normalized spacial score (nSPS) is 13.1. The highest BCUT2D eigenvalue weighted by atomic mass is 16.6. The Morgan fingerprint density at radius 1 is 0.462 bits per heavy atom. The van der Waals surface area contributed by atoms with Crippen molar-refractivity contribution in [2.45, 2.75) is 187 Å². The molecule has 0 aliphatic carbocycles. The molecule has 0 heterocycles. The first-order valence-electron chi connectivity index (χ1n) is 21.1. The molecule has 0 radical (unpaired) electrons. The lowest BCUT2D eigenvalue weighted by molar-refractivity contribution is -0.161. The van der Waals surface area contributed by atoms with Gasteiger partial charge in [0.25, 0.3) is 0 Å². The first-order chi connectivity index (χ1) is 25.6. The van der Waals surface area contributed by atoms with Crippen LogP contribution in [0.3, 0.4) is 0 Å². The van der Waals surface area contributed by atoms with Crippen molar-refractivity contribution in [3.8, 4) is 0 Å². The van der Waals surface area contributed by atoms with Crippen LogP contribution in [0.15, 0.2) is 85.1 Å². The molecule has 0 spiro atoms. The standard InChI is InChI=1S/C47H78O5/c1-3-5-7-9-11-13-15-17-19-21-23-25-27-29-31-33-35-37-39-41-46(49)51-44-45(43-48)52-47(50)42-40-38-36-34-32-30-28-26-24-22-20-18-16-14-12-10-8-6-4-2/h6,8,12,14,17-20,24,26,30,32,36,38,45,48H,3-5,7,9-11,13,15-16,21-23,25,27-29,31,33-35,37,39-44H2,1-2H3/b8-6-,14-12-,19-17-,20-18-,26-24-,32-30-,38-36-. The van der Waals surface area contributed by atoms with Gasteiger partial charge in [-0.2, -0.15) is 0 Å². The quantitative estimate of drug-likeness (QED) is 0.0393. The van der Waals surface area contributed by atoms with Crippen LogP contribution in [-0.2, 0) is 19.1 Å². The van der Waals surface area contributed by atoms with Crippen LogP contribution in [0.2, 0.25) is 0 Å². The van der Waals surface area contributed by atoms with Crippen molar-refractivity contribution in [2.24, 2.45) is 0 Å². The molecular weight excluding hydrogens is 645 g/mol. The van der Waals surface area contributed by atoms with Gasteiger partial charge in [0.2, 0.25) is 0 Å². The van der Waals surface area contributed by atoms with E-state index >= 15 is 0 Å². The maximum atomic E-state index is 12.2. The Hall–Kier alpha value is -2.92. The molecular formula is C47H78O5. The summed E-state index contributed by atoms with van der Waals surface area (Å²) in [6.45, 7) is 3.95. The van der Waals surface area contributed by atoms with E-state index in [0.717, 1.165) is 57.8 Å².